The Balaban J connectivity index is 2.93. The number of fused-ring (bicyclic) bond motifs is 1. The van der Waals surface area contributed by atoms with E-state index in [1.165, 1.54) is 5.56 Å². The number of pyridine rings is 1. The van der Waals surface area contributed by atoms with Crippen LogP contribution in [0.2, 0.25) is 0 Å². The Morgan fingerprint density at radius 1 is 0.950 bits per heavy atom. The van der Waals surface area contributed by atoms with Gasteiger partial charge in [-0.05, 0) is 36.1 Å². The van der Waals surface area contributed by atoms with Gasteiger partial charge in [-0.2, -0.15) is 0 Å². The Labute approximate surface area is 121 Å². The maximum atomic E-state index is 13.9. The van der Waals surface area contributed by atoms with E-state index in [2.05, 4.69) is 47.6 Å². The summed E-state index contributed by atoms with van der Waals surface area (Å²) in [5.41, 5.74) is 3.64. The number of aryl methyl sites for hydroxylation is 1. The highest BCUT2D eigenvalue weighted by atomic mass is 19.1. The lowest BCUT2D eigenvalue weighted by Crippen LogP contribution is -2.19. The smallest absolute Gasteiger partial charge is 0.128 e. The fourth-order valence-electron chi connectivity index (χ4n) is 2.41. The number of halogens is 1. The third-order valence-electron chi connectivity index (χ3n) is 3.74. The highest BCUT2D eigenvalue weighted by molar-refractivity contribution is 5.86. The maximum absolute atomic E-state index is 13.9. The van der Waals surface area contributed by atoms with Crippen molar-refractivity contribution in [1.82, 2.24) is 4.98 Å². The molecule has 2 aromatic rings. The Bertz CT molecular complexity index is 658. The highest BCUT2D eigenvalue weighted by Crippen LogP contribution is 2.34. The zero-order valence-corrected chi connectivity index (χ0v) is 13.6. The van der Waals surface area contributed by atoms with Crippen LogP contribution in [0.4, 0.5) is 4.39 Å². The Morgan fingerprint density at radius 2 is 1.55 bits per heavy atom. The zero-order valence-electron chi connectivity index (χ0n) is 13.6. The van der Waals surface area contributed by atoms with E-state index in [0.717, 1.165) is 16.6 Å². The van der Waals surface area contributed by atoms with E-state index in [4.69, 9.17) is 4.98 Å². The lowest BCUT2D eigenvalue weighted by molar-refractivity contribution is 0.557. The first-order valence-corrected chi connectivity index (χ1v) is 7.12. The van der Waals surface area contributed by atoms with Gasteiger partial charge in [0.05, 0.1) is 5.52 Å². The lowest BCUT2D eigenvalue weighted by atomic mass is 9.81. The molecule has 1 aromatic heterocycles. The summed E-state index contributed by atoms with van der Waals surface area (Å²) in [7, 11) is 0. The number of aromatic nitrogens is 1. The van der Waals surface area contributed by atoms with Gasteiger partial charge < -0.3 is 0 Å². The van der Waals surface area contributed by atoms with E-state index in [9.17, 15) is 4.39 Å². The quantitative estimate of drug-likeness (QED) is 0.636. The molecular weight excluding hydrogens is 249 g/mol. The van der Waals surface area contributed by atoms with Gasteiger partial charge in [0.25, 0.3) is 0 Å². The molecule has 0 aliphatic heterocycles. The minimum absolute atomic E-state index is 0.00542. The number of benzene rings is 1. The summed E-state index contributed by atoms with van der Waals surface area (Å²) in [5, 5.41) is 1.06. The van der Waals surface area contributed by atoms with Crippen LogP contribution in [0, 0.1) is 12.7 Å². The van der Waals surface area contributed by atoms with E-state index in [-0.39, 0.29) is 16.6 Å². The molecule has 108 valence electrons. The van der Waals surface area contributed by atoms with Gasteiger partial charge in [-0.15, -0.1) is 0 Å². The molecule has 2 heteroatoms. The third-order valence-corrected chi connectivity index (χ3v) is 3.74. The fraction of sp³-hybridized carbons (Fsp3) is 0.500. The standard InChI is InChI=1S/C18H24FN/c1-11-14(19)9-8-12-13(17(2,3)4)10-15(18(5,6)7)20-16(11)12/h8-10H,1-7H3. The molecule has 1 aromatic carbocycles. The summed E-state index contributed by atoms with van der Waals surface area (Å²) < 4.78 is 13.9. The van der Waals surface area contributed by atoms with Crippen LogP contribution in [0.1, 0.15) is 58.4 Å². The molecule has 0 aliphatic carbocycles. The molecule has 0 aliphatic rings. The molecule has 0 saturated carbocycles. The normalized spacial score (nSPS) is 13.0. The number of hydrogen-bond donors (Lipinski definition) is 0. The molecule has 0 unspecified atom stereocenters. The molecule has 1 heterocycles. The van der Waals surface area contributed by atoms with E-state index in [0.29, 0.717) is 5.56 Å². The molecule has 1 nitrogen and oxygen atoms in total. The summed E-state index contributed by atoms with van der Waals surface area (Å²) in [4.78, 5) is 4.74. The molecular formula is C18H24FN. The monoisotopic (exact) mass is 273 g/mol. The summed E-state index contributed by atoms with van der Waals surface area (Å²) in [6.45, 7) is 14.8. The molecule has 0 amide bonds. The van der Waals surface area contributed by atoms with E-state index in [1.807, 2.05) is 13.0 Å². The van der Waals surface area contributed by atoms with E-state index >= 15 is 0 Å². The second kappa shape index (κ2) is 4.54. The molecule has 0 N–H and O–H groups in total. The van der Waals surface area contributed by atoms with Gasteiger partial charge in [0.1, 0.15) is 5.82 Å². The molecule has 0 radical (unpaired) electrons. The Morgan fingerprint density at radius 3 is 2.05 bits per heavy atom. The van der Waals surface area contributed by atoms with Gasteiger partial charge in [-0.25, -0.2) is 4.39 Å². The lowest BCUT2D eigenvalue weighted by Gasteiger charge is -2.26. The van der Waals surface area contributed by atoms with Gasteiger partial charge >= 0.3 is 0 Å². The average molecular weight is 273 g/mol. The van der Waals surface area contributed by atoms with Crippen LogP contribution in [-0.4, -0.2) is 4.98 Å². The third kappa shape index (κ3) is 2.56. The van der Waals surface area contributed by atoms with Crippen molar-refractivity contribution < 1.29 is 4.39 Å². The Hall–Kier alpha value is -1.44. The van der Waals surface area contributed by atoms with E-state index in [1.54, 1.807) is 6.07 Å². The van der Waals surface area contributed by atoms with Crippen molar-refractivity contribution in [1.29, 1.82) is 0 Å². The second-order valence-electron chi connectivity index (χ2n) is 7.62. The minimum Gasteiger partial charge on any atom is -0.252 e. The van der Waals surface area contributed by atoms with Crippen molar-refractivity contribution in [3.8, 4) is 0 Å². The topological polar surface area (TPSA) is 12.9 Å². The van der Waals surface area contributed by atoms with Crippen molar-refractivity contribution in [2.45, 2.75) is 59.3 Å². The summed E-state index contributed by atoms with van der Waals surface area (Å²) in [6, 6.07) is 5.59. The molecule has 0 atom stereocenters. The van der Waals surface area contributed by atoms with Gasteiger partial charge in [-0.3, -0.25) is 4.98 Å². The van der Waals surface area contributed by atoms with Gasteiger partial charge in [-0.1, -0.05) is 41.5 Å². The zero-order chi connectivity index (χ0) is 15.3. The summed E-state index contributed by atoms with van der Waals surface area (Å²) in [5.74, 6) is -0.184. The molecule has 2 rings (SSSR count). The van der Waals surface area contributed by atoms with Crippen LogP contribution < -0.4 is 0 Å². The summed E-state index contributed by atoms with van der Waals surface area (Å²) >= 11 is 0. The van der Waals surface area contributed by atoms with Crippen molar-refractivity contribution in [2.75, 3.05) is 0 Å². The molecule has 0 bridgehead atoms. The molecule has 0 spiro atoms. The van der Waals surface area contributed by atoms with Crippen LogP contribution in [0.25, 0.3) is 10.9 Å². The van der Waals surface area contributed by atoms with Crippen molar-refractivity contribution in [2.24, 2.45) is 0 Å². The fourth-order valence-corrected chi connectivity index (χ4v) is 2.41. The highest BCUT2D eigenvalue weighted by Gasteiger charge is 2.24. The second-order valence-corrected chi connectivity index (χ2v) is 7.62. The van der Waals surface area contributed by atoms with Crippen LogP contribution in [-0.2, 0) is 10.8 Å². The molecule has 0 fully saturated rings. The molecule has 20 heavy (non-hydrogen) atoms. The summed E-state index contributed by atoms with van der Waals surface area (Å²) in [6.07, 6.45) is 0. The molecule has 0 saturated heterocycles. The van der Waals surface area contributed by atoms with Gasteiger partial charge in [0.15, 0.2) is 0 Å². The van der Waals surface area contributed by atoms with Crippen LogP contribution in [0.5, 0.6) is 0 Å². The van der Waals surface area contributed by atoms with Crippen molar-refractivity contribution in [3.63, 3.8) is 0 Å². The first-order valence-electron chi connectivity index (χ1n) is 7.12. The van der Waals surface area contributed by atoms with Crippen LogP contribution in [0.3, 0.4) is 0 Å². The first-order chi connectivity index (χ1) is 9.01. The van der Waals surface area contributed by atoms with Crippen molar-refractivity contribution in [3.05, 3.63) is 40.8 Å². The average Bonchev–Trinajstić information content (AvgIpc) is 2.30. The van der Waals surface area contributed by atoms with Gasteiger partial charge in [0, 0.05) is 22.1 Å². The largest absolute Gasteiger partial charge is 0.252 e. The number of nitrogens with zero attached hydrogens (tertiary/aromatic N) is 1. The first kappa shape index (κ1) is 15.0. The number of hydrogen-bond acceptors (Lipinski definition) is 1. The van der Waals surface area contributed by atoms with Crippen molar-refractivity contribution >= 4 is 10.9 Å². The predicted molar refractivity (Wildman–Crippen MR) is 83.8 cm³/mol. The maximum Gasteiger partial charge on any atom is 0.128 e. The van der Waals surface area contributed by atoms with Crippen LogP contribution in [0.15, 0.2) is 18.2 Å². The minimum atomic E-state index is -0.184. The Kier molecular flexibility index (Phi) is 3.40. The predicted octanol–water partition coefficient (Wildman–Crippen LogP) is 5.28. The van der Waals surface area contributed by atoms with E-state index < -0.39 is 0 Å². The number of rotatable bonds is 0. The van der Waals surface area contributed by atoms with Gasteiger partial charge in [0.2, 0.25) is 0 Å². The SMILES string of the molecule is Cc1c(F)ccc2c(C(C)(C)C)cc(C(C)(C)C)nc12. The van der Waals surface area contributed by atoms with Crippen LogP contribution >= 0.6 is 0 Å².